The quantitative estimate of drug-likeness (QED) is 0.776. The summed E-state index contributed by atoms with van der Waals surface area (Å²) in [6.45, 7) is 0.800. The molecule has 1 unspecified atom stereocenters. The van der Waals surface area contributed by atoms with Gasteiger partial charge < -0.3 is 10.0 Å². The van der Waals surface area contributed by atoms with Gasteiger partial charge in [0.25, 0.3) is 5.91 Å². The Balaban J connectivity index is 2.21. The predicted molar refractivity (Wildman–Crippen MR) is 60.3 cm³/mol. The molecule has 17 heavy (non-hydrogen) atoms. The molecule has 1 aliphatic heterocycles. The first-order valence-electron chi connectivity index (χ1n) is 5.36. The molecular formula is C11H12ClFN2O2. The summed E-state index contributed by atoms with van der Waals surface area (Å²) in [6.07, 6.45) is 1.85. The molecule has 1 atom stereocenters. The molecule has 1 fully saturated rings. The third-order valence-corrected chi connectivity index (χ3v) is 3.02. The van der Waals surface area contributed by atoms with Crippen molar-refractivity contribution in [1.29, 1.82) is 0 Å². The maximum absolute atomic E-state index is 13.0. The average molecular weight is 259 g/mol. The highest BCUT2D eigenvalue weighted by molar-refractivity contribution is 6.32. The Morgan fingerprint density at radius 3 is 3.12 bits per heavy atom. The van der Waals surface area contributed by atoms with E-state index in [2.05, 4.69) is 4.98 Å². The van der Waals surface area contributed by atoms with Crippen LogP contribution in [0.1, 0.15) is 23.2 Å². The average Bonchev–Trinajstić information content (AvgIpc) is 2.31. The van der Waals surface area contributed by atoms with Gasteiger partial charge in [0, 0.05) is 13.1 Å². The maximum atomic E-state index is 13.0. The van der Waals surface area contributed by atoms with Gasteiger partial charge in [0.05, 0.1) is 17.9 Å². The Bertz CT molecular complexity index is 441. The fourth-order valence-electron chi connectivity index (χ4n) is 1.88. The van der Waals surface area contributed by atoms with Crippen LogP contribution in [0.3, 0.4) is 0 Å². The Kier molecular flexibility index (Phi) is 3.59. The molecule has 1 aliphatic rings. The lowest BCUT2D eigenvalue weighted by molar-refractivity contribution is 0.0473. The van der Waals surface area contributed by atoms with Gasteiger partial charge in [-0.2, -0.15) is 0 Å². The molecule has 1 aromatic heterocycles. The zero-order valence-electron chi connectivity index (χ0n) is 9.07. The summed E-state index contributed by atoms with van der Waals surface area (Å²) in [4.78, 5) is 17.1. The van der Waals surface area contributed by atoms with Gasteiger partial charge in [-0.1, -0.05) is 11.6 Å². The van der Waals surface area contributed by atoms with E-state index < -0.39 is 11.9 Å². The number of hydrogen-bond donors (Lipinski definition) is 1. The van der Waals surface area contributed by atoms with Crippen LogP contribution in [0.4, 0.5) is 4.39 Å². The van der Waals surface area contributed by atoms with E-state index in [1.54, 1.807) is 0 Å². The number of pyridine rings is 1. The highest BCUT2D eigenvalue weighted by Crippen LogP contribution is 2.19. The molecule has 6 heteroatoms. The molecule has 2 rings (SSSR count). The molecule has 0 saturated carbocycles. The minimum Gasteiger partial charge on any atom is -0.391 e. The largest absolute Gasteiger partial charge is 0.391 e. The first-order chi connectivity index (χ1) is 8.08. The fraction of sp³-hybridized carbons (Fsp3) is 0.455. The summed E-state index contributed by atoms with van der Waals surface area (Å²) < 4.78 is 13.0. The molecule has 0 bridgehead atoms. The second kappa shape index (κ2) is 4.98. The van der Waals surface area contributed by atoms with Crippen LogP contribution in [0.15, 0.2) is 12.3 Å². The molecule has 0 spiro atoms. The molecule has 92 valence electrons. The molecule has 1 aromatic rings. The maximum Gasteiger partial charge on any atom is 0.257 e. The van der Waals surface area contributed by atoms with E-state index in [0.29, 0.717) is 13.0 Å². The summed E-state index contributed by atoms with van der Waals surface area (Å²) in [7, 11) is 0. The van der Waals surface area contributed by atoms with Crippen molar-refractivity contribution in [3.05, 3.63) is 28.8 Å². The summed E-state index contributed by atoms with van der Waals surface area (Å²) >= 11 is 5.76. The molecule has 1 amide bonds. The molecule has 2 heterocycles. The van der Waals surface area contributed by atoms with Gasteiger partial charge in [0.15, 0.2) is 0 Å². The lowest BCUT2D eigenvalue weighted by Crippen LogP contribution is -2.42. The molecule has 0 aromatic carbocycles. The number of halogens is 2. The second-order valence-electron chi connectivity index (χ2n) is 4.04. The fourth-order valence-corrected chi connectivity index (χ4v) is 2.07. The van der Waals surface area contributed by atoms with E-state index in [-0.39, 0.29) is 23.2 Å². The summed E-state index contributed by atoms with van der Waals surface area (Å²) in [5, 5.41) is 9.47. The van der Waals surface area contributed by atoms with Gasteiger partial charge in [0.1, 0.15) is 11.0 Å². The molecule has 1 saturated heterocycles. The molecular weight excluding hydrogens is 247 g/mol. The highest BCUT2D eigenvalue weighted by atomic mass is 35.5. The molecule has 0 aliphatic carbocycles. The van der Waals surface area contributed by atoms with Crippen LogP contribution in [0.5, 0.6) is 0 Å². The third-order valence-electron chi connectivity index (χ3n) is 2.72. The number of aromatic nitrogens is 1. The SMILES string of the molecule is O=C(c1cc(F)cnc1Cl)N1CCCC(O)C1. The first-order valence-corrected chi connectivity index (χ1v) is 5.74. The van der Waals surface area contributed by atoms with E-state index >= 15 is 0 Å². The minimum absolute atomic E-state index is 0.0172. The van der Waals surface area contributed by atoms with Crippen molar-refractivity contribution in [3.8, 4) is 0 Å². The predicted octanol–water partition coefficient (Wildman–Crippen LogP) is 1.47. The van der Waals surface area contributed by atoms with E-state index in [9.17, 15) is 14.3 Å². The lowest BCUT2D eigenvalue weighted by atomic mass is 10.1. The van der Waals surface area contributed by atoms with Crippen molar-refractivity contribution >= 4 is 17.5 Å². The van der Waals surface area contributed by atoms with Crippen LogP contribution in [0.2, 0.25) is 5.15 Å². The van der Waals surface area contributed by atoms with Crippen molar-refractivity contribution in [2.45, 2.75) is 18.9 Å². The van der Waals surface area contributed by atoms with Crippen LogP contribution >= 0.6 is 11.6 Å². The molecule has 1 N–H and O–H groups in total. The molecule has 0 radical (unpaired) electrons. The van der Waals surface area contributed by atoms with Gasteiger partial charge in [-0.05, 0) is 18.9 Å². The van der Waals surface area contributed by atoms with Gasteiger partial charge in [-0.3, -0.25) is 4.79 Å². The summed E-state index contributed by atoms with van der Waals surface area (Å²) in [6, 6.07) is 1.07. The summed E-state index contributed by atoms with van der Waals surface area (Å²) in [5.74, 6) is -0.990. The summed E-state index contributed by atoms with van der Waals surface area (Å²) in [5.41, 5.74) is 0.0424. The number of carbonyl (C=O) groups excluding carboxylic acids is 1. The Labute approximate surface area is 103 Å². The van der Waals surface area contributed by atoms with Gasteiger partial charge in [-0.15, -0.1) is 0 Å². The topological polar surface area (TPSA) is 53.4 Å². The Morgan fingerprint density at radius 2 is 2.41 bits per heavy atom. The van der Waals surface area contributed by atoms with E-state index in [1.807, 2.05) is 0 Å². The number of aliphatic hydroxyl groups is 1. The first kappa shape index (κ1) is 12.3. The second-order valence-corrected chi connectivity index (χ2v) is 4.40. The Hall–Kier alpha value is -1.20. The van der Waals surface area contributed by atoms with Gasteiger partial charge in [0.2, 0.25) is 0 Å². The van der Waals surface area contributed by atoms with Crippen molar-refractivity contribution in [2.24, 2.45) is 0 Å². The highest BCUT2D eigenvalue weighted by Gasteiger charge is 2.25. The zero-order valence-corrected chi connectivity index (χ0v) is 9.82. The van der Waals surface area contributed by atoms with Crippen LogP contribution in [-0.2, 0) is 0 Å². The number of carbonyl (C=O) groups is 1. The van der Waals surface area contributed by atoms with E-state index in [1.165, 1.54) is 4.90 Å². The van der Waals surface area contributed by atoms with Crippen molar-refractivity contribution in [1.82, 2.24) is 9.88 Å². The van der Waals surface area contributed by atoms with Gasteiger partial charge in [-0.25, -0.2) is 9.37 Å². The number of amides is 1. The number of nitrogens with zero attached hydrogens (tertiary/aromatic N) is 2. The van der Waals surface area contributed by atoms with Crippen molar-refractivity contribution < 1.29 is 14.3 Å². The van der Waals surface area contributed by atoms with Crippen molar-refractivity contribution in [3.63, 3.8) is 0 Å². The standard InChI is InChI=1S/C11H12ClFN2O2/c12-10-9(4-7(13)5-14-10)11(17)15-3-1-2-8(16)6-15/h4-5,8,16H,1-3,6H2. The molecule has 4 nitrogen and oxygen atoms in total. The number of hydrogen-bond acceptors (Lipinski definition) is 3. The normalized spacial score (nSPS) is 20.4. The van der Waals surface area contributed by atoms with E-state index in [4.69, 9.17) is 11.6 Å². The Morgan fingerprint density at radius 1 is 1.65 bits per heavy atom. The number of piperidine rings is 1. The number of likely N-dealkylation sites (tertiary alicyclic amines) is 1. The minimum atomic E-state index is -0.602. The van der Waals surface area contributed by atoms with Crippen LogP contribution in [0, 0.1) is 5.82 Å². The van der Waals surface area contributed by atoms with Crippen molar-refractivity contribution in [2.75, 3.05) is 13.1 Å². The monoisotopic (exact) mass is 258 g/mol. The smallest absolute Gasteiger partial charge is 0.257 e. The number of aliphatic hydroxyl groups excluding tert-OH is 1. The van der Waals surface area contributed by atoms with Crippen LogP contribution in [-0.4, -0.2) is 40.1 Å². The number of β-amino-alcohol motifs (C(OH)–C–C–N with tert-alkyl or cyclic N) is 1. The van der Waals surface area contributed by atoms with Crippen LogP contribution < -0.4 is 0 Å². The van der Waals surface area contributed by atoms with E-state index in [0.717, 1.165) is 18.7 Å². The lowest BCUT2D eigenvalue weighted by Gasteiger charge is -2.30. The number of rotatable bonds is 1. The van der Waals surface area contributed by atoms with Crippen LogP contribution in [0.25, 0.3) is 0 Å². The zero-order chi connectivity index (χ0) is 12.4. The third kappa shape index (κ3) is 2.73. The van der Waals surface area contributed by atoms with Gasteiger partial charge >= 0.3 is 0 Å².